The van der Waals surface area contributed by atoms with Crippen molar-refractivity contribution in [2.75, 3.05) is 6.61 Å². The van der Waals surface area contributed by atoms with Gasteiger partial charge in [0.05, 0.1) is 16.8 Å². The van der Waals surface area contributed by atoms with Crippen molar-refractivity contribution in [1.29, 1.82) is 0 Å². The number of carbonyl (C=O) groups excluding carboxylic acids is 1. The van der Waals surface area contributed by atoms with Crippen molar-refractivity contribution in [3.63, 3.8) is 0 Å². The van der Waals surface area contributed by atoms with Gasteiger partial charge in [-0.2, -0.15) is 0 Å². The molecule has 3 nitrogen and oxygen atoms in total. The number of ether oxygens (including phenoxy) is 1. The van der Waals surface area contributed by atoms with Crippen molar-refractivity contribution in [3.8, 4) is 17.1 Å². The average molecular weight is 354 g/mol. The topological polar surface area (TPSA) is 39.2 Å². The predicted octanol–water partition coefficient (Wildman–Crippen LogP) is 4.61. The highest BCUT2D eigenvalue weighted by atomic mass is 79.9. The fourth-order valence-electron chi connectivity index (χ4n) is 2.96. The van der Waals surface area contributed by atoms with E-state index in [1.165, 1.54) is 0 Å². The molecule has 0 spiro atoms. The molecule has 0 N–H and O–H groups in total. The third kappa shape index (κ3) is 1.74. The van der Waals surface area contributed by atoms with Crippen LogP contribution in [0.25, 0.3) is 22.0 Å². The minimum atomic E-state index is 0.0477. The lowest BCUT2D eigenvalue weighted by Crippen LogP contribution is -2.11. The zero-order chi connectivity index (χ0) is 15.3. The number of ketones is 1. The Bertz CT molecular complexity index is 934. The lowest BCUT2D eigenvalue weighted by Gasteiger charge is -2.20. The van der Waals surface area contributed by atoms with Gasteiger partial charge in [-0.3, -0.25) is 4.79 Å². The summed E-state index contributed by atoms with van der Waals surface area (Å²) in [5, 5.41) is 1.84. The van der Waals surface area contributed by atoms with Crippen LogP contribution in [0, 0.1) is 0 Å². The predicted molar refractivity (Wildman–Crippen MR) is 89.5 cm³/mol. The third-order valence-corrected chi connectivity index (χ3v) is 4.66. The van der Waals surface area contributed by atoms with Gasteiger partial charge in [-0.05, 0) is 22.9 Å². The van der Waals surface area contributed by atoms with Crippen LogP contribution in [-0.4, -0.2) is 17.4 Å². The fourth-order valence-corrected chi connectivity index (χ4v) is 3.49. The van der Waals surface area contributed by atoms with Crippen LogP contribution in [0.1, 0.15) is 22.8 Å². The molecular weight excluding hydrogens is 342 g/mol. The monoisotopic (exact) mass is 353 g/mol. The Labute approximate surface area is 136 Å². The van der Waals surface area contributed by atoms with E-state index in [0.717, 1.165) is 26.5 Å². The van der Waals surface area contributed by atoms with Crippen molar-refractivity contribution in [2.45, 2.75) is 6.92 Å². The lowest BCUT2D eigenvalue weighted by atomic mass is 9.86. The maximum Gasteiger partial charge on any atom is 0.229 e. The largest absolute Gasteiger partial charge is 0.477 e. The second-order valence-electron chi connectivity index (χ2n) is 5.12. The average Bonchev–Trinajstić information content (AvgIpc) is 2.56. The number of carbonyl (C=O) groups is 1. The first-order valence-electron chi connectivity index (χ1n) is 7.11. The van der Waals surface area contributed by atoms with Gasteiger partial charge in [0.2, 0.25) is 5.88 Å². The fraction of sp³-hybridized carbons (Fsp3) is 0.111. The van der Waals surface area contributed by atoms with E-state index in [4.69, 9.17) is 4.74 Å². The van der Waals surface area contributed by atoms with Gasteiger partial charge in [0, 0.05) is 27.5 Å². The first kappa shape index (κ1) is 13.5. The summed E-state index contributed by atoms with van der Waals surface area (Å²) in [6, 6.07) is 13.3. The molecule has 0 unspecified atom stereocenters. The molecule has 22 heavy (non-hydrogen) atoms. The van der Waals surface area contributed by atoms with E-state index in [1.54, 1.807) is 0 Å². The van der Waals surface area contributed by atoms with E-state index in [9.17, 15) is 4.79 Å². The molecule has 2 aromatic carbocycles. The Hall–Kier alpha value is -2.20. The second kappa shape index (κ2) is 4.92. The van der Waals surface area contributed by atoms with Crippen LogP contribution in [0.15, 0.2) is 46.9 Å². The molecule has 1 aliphatic carbocycles. The molecule has 0 atom stereocenters. The smallest absolute Gasteiger partial charge is 0.229 e. The Morgan fingerprint density at radius 3 is 2.55 bits per heavy atom. The van der Waals surface area contributed by atoms with Crippen LogP contribution in [0.2, 0.25) is 0 Å². The highest BCUT2D eigenvalue weighted by Crippen LogP contribution is 2.43. The Morgan fingerprint density at radius 2 is 1.77 bits per heavy atom. The number of aromatic nitrogens is 1. The summed E-state index contributed by atoms with van der Waals surface area (Å²) in [4.78, 5) is 17.4. The lowest BCUT2D eigenvalue weighted by molar-refractivity contribution is 0.104. The van der Waals surface area contributed by atoms with Crippen LogP contribution in [0.4, 0.5) is 0 Å². The Kier molecular flexibility index (Phi) is 3.01. The van der Waals surface area contributed by atoms with E-state index >= 15 is 0 Å². The molecule has 3 aromatic rings. The standard InChI is InChI=1S/C18H12BrNO2/c1-2-22-18-15(19)12-8-5-9-13-14(12)16(20-18)10-6-3-4-7-11(10)17(13)21/h3-9H,2H2,1H3. The summed E-state index contributed by atoms with van der Waals surface area (Å²) in [5.41, 5.74) is 3.07. The van der Waals surface area contributed by atoms with Gasteiger partial charge in [-0.15, -0.1) is 0 Å². The van der Waals surface area contributed by atoms with Crippen molar-refractivity contribution >= 4 is 32.5 Å². The maximum absolute atomic E-state index is 12.7. The van der Waals surface area contributed by atoms with Gasteiger partial charge >= 0.3 is 0 Å². The highest BCUT2D eigenvalue weighted by molar-refractivity contribution is 9.10. The molecule has 1 aromatic heterocycles. The molecule has 1 aliphatic rings. The summed E-state index contributed by atoms with van der Waals surface area (Å²) in [7, 11) is 0. The van der Waals surface area contributed by atoms with Gasteiger partial charge in [0.25, 0.3) is 0 Å². The number of benzene rings is 2. The summed E-state index contributed by atoms with van der Waals surface area (Å²) in [5.74, 6) is 0.609. The van der Waals surface area contributed by atoms with Crippen molar-refractivity contribution in [1.82, 2.24) is 4.98 Å². The van der Waals surface area contributed by atoms with E-state index in [0.29, 0.717) is 23.6 Å². The van der Waals surface area contributed by atoms with E-state index < -0.39 is 0 Å². The number of rotatable bonds is 2. The quantitative estimate of drug-likeness (QED) is 0.528. The SMILES string of the molecule is CCOc1nc2c3c(cccc3c1Br)C(=O)c1ccccc1-2. The van der Waals surface area contributed by atoms with Crippen LogP contribution < -0.4 is 4.74 Å². The zero-order valence-electron chi connectivity index (χ0n) is 11.9. The Morgan fingerprint density at radius 1 is 1.05 bits per heavy atom. The molecule has 108 valence electrons. The van der Waals surface area contributed by atoms with E-state index in [1.807, 2.05) is 49.4 Å². The molecule has 0 radical (unpaired) electrons. The summed E-state index contributed by atoms with van der Waals surface area (Å²) in [6.45, 7) is 2.47. The number of halogens is 1. The molecule has 0 saturated heterocycles. The molecule has 0 saturated carbocycles. The maximum atomic E-state index is 12.7. The zero-order valence-corrected chi connectivity index (χ0v) is 13.5. The van der Waals surface area contributed by atoms with Crippen LogP contribution in [0.5, 0.6) is 5.88 Å². The number of nitrogens with zero attached hydrogens (tertiary/aromatic N) is 1. The van der Waals surface area contributed by atoms with E-state index in [-0.39, 0.29) is 5.78 Å². The summed E-state index contributed by atoms with van der Waals surface area (Å²) in [6.07, 6.45) is 0. The van der Waals surface area contributed by atoms with Crippen molar-refractivity contribution < 1.29 is 9.53 Å². The van der Waals surface area contributed by atoms with Gasteiger partial charge in [-0.1, -0.05) is 42.5 Å². The highest BCUT2D eigenvalue weighted by Gasteiger charge is 2.27. The first-order valence-corrected chi connectivity index (χ1v) is 7.90. The normalized spacial score (nSPS) is 12.4. The molecular formula is C18H12BrNO2. The molecule has 1 heterocycles. The molecule has 0 amide bonds. The molecule has 4 rings (SSSR count). The van der Waals surface area contributed by atoms with Crippen LogP contribution in [-0.2, 0) is 0 Å². The number of pyridine rings is 1. The molecule has 0 aliphatic heterocycles. The van der Waals surface area contributed by atoms with Crippen molar-refractivity contribution in [2.24, 2.45) is 0 Å². The molecule has 0 bridgehead atoms. The van der Waals surface area contributed by atoms with E-state index in [2.05, 4.69) is 20.9 Å². The summed E-state index contributed by atoms with van der Waals surface area (Å²) >= 11 is 3.57. The van der Waals surface area contributed by atoms with Crippen molar-refractivity contribution in [3.05, 3.63) is 58.1 Å². The minimum Gasteiger partial charge on any atom is -0.477 e. The molecule has 4 heteroatoms. The number of hydrogen-bond acceptors (Lipinski definition) is 3. The first-order chi connectivity index (χ1) is 10.7. The second-order valence-corrected chi connectivity index (χ2v) is 5.91. The van der Waals surface area contributed by atoms with Crippen LogP contribution >= 0.6 is 15.9 Å². The third-order valence-electron chi connectivity index (χ3n) is 3.89. The number of fused-ring (bicyclic) bond motifs is 2. The van der Waals surface area contributed by atoms with Gasteiger partial charge < -0.3 is 4.74 Å². The minimum absolute atomic E-state index is 0.0477. The summed E-state index contributed by atoms with van der Waals surface area (Å²) < 4.78 is 6.44. The molecule has 0 fully saturated rings. The van der Waals surface area contributed by atoms with Gasteiger partial charge in [0.15, 0.2) is 5.78 Å². The van der Waals surface area contributed by atoms with Crippen LogP contribution in [0.3, 0.4) is 0 Å². The number of hydrogen-bond donors (Lipinski definition) is 0. The van der Waals surface area contributed by atoms with Gasteiger partial charge in [0.1, 0.15) is 0 Å². The van der Waals surface area contributed by atoms with Gasteiger partial charge in [-0.25, -0.2) is 4.98 Å². The Balaban J connectivity index is 2.19.